The standard InChI is InChI=1S/C18H18N2O3S/c1-3-12-10-15(24-11(12)2)18(23)19-13-6-4-5-7-14(13)20-16(21)8-9-17(20)22/h4-7,10H,3,8-9H2,1-2H3,(H,19,23). The number of hydrogen-bond acceptors (Lipinski definition) is 4. The summed E-state index contributed by atoms with van der Waals surface area (Å²) in [5.74, 6) is -0.696. The second kappa shape index (κ2) is 6.57. The lowest BCUT2D eigenvalue weighted by atomic mass is 10.2. The van der Waals surface area contributed by atoms with Gasteiger partial charge in [0.15, 0.2) is 0 Å². The van der Waals surface area contributed by atoms with Gasteiger partial charge in [-0.2, -0.15) is 0 Å². The fourth-order valence-electron chi connectivity index (χ4n) is 2.79. The molecule has 0 spiro atoms. The Labute approximate surface area is 144 Å². The van der Waals surface area contributed by atoms with Crippen molar-refractivity contribution in [3.63, 3.8) is 0 Å². The summed E-state index contributed by atoms with van der Waals surface area (Å²) in [5, 5.41) is 2.83. The van der Waals surface area contributed by atoms with Gasteiger partial charge in [0.25, 0.3) is 5.91 Å². The Bertz CT molecular complexity index is 809. The van der Waals surface area contributed by atoms with Crippen LogP contribution in [-0.4, -0.2) is 17.7 Å². The number of rotatable bonds is 4. The highest BCUT2D eigenvalue weighted by Crippen LogP contribution is 2.31. The van der Waals surface area contributed by atoms with Crippen molar-refractivity contribution in [3.8, 4) is 0 Å². The largest absolute Gasteiger partial charge is 0.319 e. The van der Waals surface area contributed by atoms with Crippen LogP contribution < -0.4 is 10.2 Å². The predicted molar refractivity (Wildman–Crippen MR) is 94.6 cm³/mol. The zero-order valence-corrected chi connectivity index (χ0v) is 14.4. The molecule has 1 fully saturated rings. The quantitative estimate of drug-likeness (QED) is 0.865. The number of carbonyl (C=O) groups is 3. The molecule has 124 valence electrons. The first-order valence-electron chi connectivity index (χ1n) is 7.86. The smallest absolute Gasteiger partial charge is 0.265 e. The van der Waals surface area contributed by atoms with Gasteiger partial charge < -0.3 is 5.32 Å². The second-order valence-corrected chi connectivity index (χ2v) is 6.90. The van der Waals surface area contributed by atoms with E-state index >= 15 is 0 Å². The van der Waals surface area contributed by atoms with Crippen LogP contribution in [0, 0.1) is 6.92 Å². The van der Waals surface area contributed by atoms with Crippen molar-refractivity contribution in [2.24, 2.45) is 0 Å². The monoisotopic (exact) mass is 342 g/mol. The average Bonchev–Trinajstić information content (AvgIpc) is 3.10. The Kier molecular flexibility index (Phi) is 4.49. The summed E-state index contributed by atoms with van der Waals surface area (Å²) in [7, 11) is 0. The molecule has 24 heavy (non-hydrogen) atoms. The summed E-state index contributed by atoms with van der Waals surface area (Å²) < 4.78 is 0. The molecule has 1 aliphatic heterocycles. The van der Waals surface area contributed by atoms with Crippen LogP contribution in [-0.2, 0) is 16.0 Å². The molecule has 3 rings (SSSR count). The third kappa shape index (κ3) is 2.97. The molecule has 0 unspecified atom stereocenters. The van der Waals surface area contributed by atoms with Crippen molar-refractivity contribution in [3.05, 3.63) is 45.6 Å². The van der Waals surface area contributed by atoms with Crippen LogP contribution in [0.2, 0.25) is 0 Å². The Morgan fingerprint density at radius 2 is 1.88 bits per heavy atom. The van der Waals surface area contributed by atoms with Gasteiger partial charge in [0, 0.05) is 17.7 Å². The van der Waals surface area contributed by atoms with Crippen LogP contribution >= 0.6 is 11.3 Å². The molecule has 2 heterocycles. The molecule has 0 saturated carbocycles. The van der Waals surface area contributed by atoms with E-state index in [-0.39, 0.29) is 30.6 Å². The molecule has 0 aliphatic carbocycles. The molecule has 1 aliphatic rings. The topological polar surface area (TPSA) is 66.5 Å². The zero-order chi connectivity index (χ0) is 17.3. The molecule has 5 nitrogen and oxygen atoms in total. The van der Waals surface area contributed by atoms with Gasteiger partial charge in [0.2, 0.25) is 11.8 Å². The summed E-state index contributed by atoms with van der Waals surface area (Å²) in [6.07, 6.45) is 1.30. The normalized spacial score (nSPS) is 14.3. The SMILES string of the molecule is CCc1cc(C(=O)Nc2ccccc2N2C(=O)CCC2=O)sc1C. The van der Waals surface area contributed by atoms with Gasteiger partial charge in [-0.25, -0.2) is 4.90 Å². The van der Waals surface area contributed by atoms with Crippen LogP contribution in [0.4, 0.5) is 11.4 Å². The van der Waals surface area contributed by atoms with Gasteiger partial charge in [0.1, 0.15) is 0 Å². The third-order valence-corrected chi connectivity index (χ3v) is 5.16. The van der Waals surface area contributed by atoms with Crippen molar-refractivity contribution < 1.29 is 14.4 Å². The molecule has 0 bridgehead atoms. The van der Waals surface area contributed by atoms with E-state index in [2.05, 4.69) is 12.2 Å². The van der Waals surface area contributed by atoms with Gasteiger partial charge in [-0.1, -0.05) is 19.1 Å². The number of aryl methyl sites for hydroxylation is 2. The number of carbonyl (C=O) groups excluding carboxylic acids is 3. The van der Waals surface area contributed by atoms with Crippen LogP contribution in [0.1, 0.15) is 39.9 Å². The molecule has 3 amide bonds. The summed E-state index contributed by atoms with van der Waals surface area (Å²) in [6, 6.07) is 8.78. The molecule has 1 aromatic carbocycles. The minimum absolute atomic E-state index is 0.213. The van der Waals surface area contributed by atoms with E-state index in [1.165, 1.54) is 11.3 Å². The van der Waals surface area contributed by atoms with Crippen molar-refractivity contribution in [1.82, 2.24) is 0 Å². The van der Waals surface area contributed by atoms with Crippen molar-refractivity contribution in [2.45, 2.75) is 33.1 Å². The minimum atomic E-state index is -0.234. The highest BCUT2D eigenvalue weighted by atomic mass is 32.1. The van der Waals surface area contributed by atoms with Gasteiger partial charge in [-0.15, -0.1) is 11.3 Å². The molecule has 0 atom stereocenters. The molecule has 0 radical (unpaired) electrons. The number of nitrogens with zero attached hydrogens (tertiary/aromatic N) is 1. The maximum absolute atomic E-state index is 12.5. The van der Waals surface area contributed by atoms with E-state index in [4.69, 9.17) is 0 Å². The van der Waals surface area contributed by atoms with Crippen molar-refractivity contribution in [1.29, 1.82) is 0 Å². The van der Waals surface area contributed by atoms with Gasteiger partial charge in [0.05, 0.1) is 16.3 Å². The van der Waals surface area contributed by atoms with E-state index in [0.717, 1.165) is 21.8 Å². The van der Waals surface area contributed by atoms with Crippen molar-refractivity contribution >= 4 is 40.4 Å². The number of imide groups is 1. The number of nitrogens with one attached hydrogen (secondary N) is 1. The number of thiophene rings is 1. The highest BCUT2D eigenvalue weighted by Gasteiger charge is 2.32. The van der Waals surface area contributed by atoms with Crippen LogP contribution in [0.25, 0.3) is 0 Å². The Balaban J connectivity index is 1.89. The van der Waals surface area contributed by atoms with E-state index in [1.807, 2.05) is 13.0 Å². The molecule has 1 N–H and O–H groups in total. The van der Waals surface area contributed by atoms with Gasteiger partial charge in [-0.3, -0.25) is 14.4 Å². The van der Waals surface area contributed by atoms with E-state index < -0.39 is 0 Å². The molecule has 1 aromatic heterocycles. The van der Waals surface area contributed by atoms with E-state index in [0.29, 0.717) is 16.3 Å². The molecular formula is C18H18N2O3S. The fraction of sp³-hybridized carbons (Fsp3) is 0.278. The predicted octanol–water partition coefficient (Wildman–Crippen LogP) is 3.52. The maximum Gasteiger partial charge on any atom is 0.265 e. The number of amides is 3. The first kappa shape index (κ1) is 16.4. The third-order valence-electron chi connectivity index (χ3n) is 4.07. The summed E-state index contributed by atoms with van der Waals surface area (Å²) in [5.41, 5.74) is 2.06. The first-order valence-corrected chi connectivity index (χ1v) is 8.68. The number of para-hydroxylation sites is 2. The number of anilines is 2. The minimum Gasteiger partial charge on any atom is -0.319 e. The average molecular weight is 342 g/mol. The van der Waals surface area contributed by atoms with Crippen LogP contribution in [0.3, 0.4) is 0 Å². The maximum atomic E-state index is 12.5. The molecule has 2 aromatic rings. The van der Waals surface area contributed by atoms with Crippen LogP contribution in [0.15, 0.2) is 30.3 Å². The lowest BCUT2D eigenvalue weighted by molar-refractivity contribution is -0.121. The number of hydrogen-bond donors (Lipinski definition) is 1. The molecular weight excluding hydrogens is 324 g/mol. The van der Waals surface area contributed by atoms with Crippen LogP contribution in [0.5, 0.6) is 0 Å². The number of benzene rings is 1. The van der Waals surface area contributed by atoms with Gasteiger partial charge >= 0.3 is 0 Å². The Hall–Kier alpha value is -2.47. The summed E-state index contributed by atoms with van der Waals surface area (Å²) in [4.78, 5) is 39.4. The highest BCUT2D eigenvalue weighted by molar-refractivity contribution is 7.14. The van der Waals surface area contributed by atoms with E-state index in [9.17, 15) is 14.4 Å². The fourth-order valence-corrected chi connectivity index (χ4v) is 3.80. The summed E-state index contributed by atoms with van der Waals surface area (Å²) >= 11 is 1.45. The van der Waals surface area contributed by atoms with E-state index in [1.54, 1.807) is 24.3 Å². The molecule has 1 saturated heterocycles. The van der Waals surface area contributed by atoms with Gasteiger partial charge in [-0.05, 0) is 37.1 Å². The molecule has 6 heteroatoms. The first-order chi connectivity index (χ1) is 11.5. The lowest BCUT2D eigenvalue weighted by Crippen LogP contribution is -2.29. The lowest BCUT2D eigenvalue weighted by Gasteiger charge is -2.18. The Morgan fingerprint density at radius 1 is 1.21 bits per heavy atom. The summed E-state index contributed by atoms with van der Waals surface area (Å²) in [6.45, 7) is 4.05. The van der Waals surface area contributed by atoms with Crippen molar-refractivity contribution in [2.75, 3.05) is 10.2 Å². The second-order valence-electron chi connectivity index (χ2n) is 5.64. The zero-order valence-electron chi connectivity index (χ0n) is 13.6. The Morgan fingerprint density at radius 3 is 2.50 bits per heavy atom.